The minimum atomic E-state index is -1.96. The normalized spacial score (nSPS) is 17.9. The average Bonchev–Trinajstić information content (AvgIpc) is 2.47. The maximum absolute atomic E-state index is 11.2. The van der Waals surface area contributed by atoms with E-state index in [4.69, 9.17) is 9.84 Å². The van der Waals surface area contributed by atoms with Gasteiger partial charge in [0, 0.05) is 20.5 Å². The number of hydrogen-bond acceptors (Lipinski definition) is 9. The molecule has 0 radical (unpaired) electrons. The average molecular weight is 322 g/mol. The van der Waals surface area contributed by atoms with Gasteiger partial charge in [-0.1, -0.05) is 0 Å². The SMILES string of the molecule is COC(CC(=O)C(=O)[O-])[C@@H](NC(C)=O)[C@H](O)C(O)C(O)CO. The molecule has 0 aromatic carbocycles. The van der Waals surface area contributed by atoms with Gasteiger partial charge in [0.25, 0.3) is 0 Å². The smallest absolute Gasteiger partial charge is 0.217 e. The number of ketones is 1. The van der Waals surface area contributed by atoms with Gasteiger partial charge < -0.3 is 40.4 Å². The summed E-state index contributed by atoms with van der Waals surface area (Å²) in [6.07, 6.45) is -7.43. The van der Waals surface area contributed by atoms with Crippen molar-refractivity contribution >= 4 is 17.7 Å². The topological polar surface area (TPSA) is 176 Å². The fourth-order valence-electron chi connectivity index (χ4n) is 1.80. The van der Waals surface area contributed by atoms with Crippen LogP contribution in [0.1, 0.15) is 13.3 Å². The lowest BCUT2D eigenvalue weighted by molar-refractivity contribution is -0.300. The number of amides is 1. The third kappa shape index (κ3) is 6.03. The summed E-state index contributed by atoms with van der Waals surface area (Å²) in [5.41, 5.74) is 0. The number of hydrogen-bond donors (Lipinski definition) is 5. The van der Waals surface area contributed by atoms with Crippen LogP contribution in [-0.2, 0) is 19.1 Å². The van der Waals surface area contributed by atoms with Crippen molar-refractivity contribution in [1.29, 1.82) is 0 Å². The van der Waals surface area contributed by atoms with Crippen molar-refractivity contribution in [3.8, 4) is 0 Å². The fourth-order valence-corrected chi connectivity index (χ4v) is 1.80. The molecule has 3 unspecified atom stereocenters. The van der Waals surface area contributed by atoms with Crippen molar-refractivity contribution in [2.75, 3.05) is 13.7 Å². The standard InChI is InChI=1S/C12H21NO9/c1-5(15)13-9(11(19)10(18)7(17)4-14)8(22-2)3-6(16)12(20)21/h7-11,14,17-19H,3-4H2,1-2H3,(H,13,15)(H,20,21)/p-1/t7?,8?,9-,10?,11+/m1/s1. The van der Waals surface area contributed by atoms with E-state index < -0.39 is 61.1 Å². The van der Waals surface area contributed by atoms with Crippen molar-refractivity contribution in [2.45, 2.75) is 43.8 Å². The Morgan fingerprint density at radius 3 is 2.09 bits per heavy atom. The lowest BCUT2D eigenvalue weighted by atomic mass is 9.94. The van der Waals surface area contributed by atoms with E-state index in [9.17, 15) is 34.8 Å². The summed E-state index contributed by atoms with van der Waals surface area (Å²) in [5.74, 6) is -3.95. The molecule has 0 fully saturated rings. The van der Waals surface area contributed by atoms with Gasteiger partial charge in [-0.3, -0.25) is 9.59 Å². The first-order valence-corrected chi connectivity index (χ1v) is 6.34. The molecule has 22 heavy (non-hydrogen) atoms. The molecule has 0 saturated carbocycles. The van der Waals surface area contributed by atoms with Crippen LogP contribution in [0.2, 0.25) is 0 Å². The van der Waals surface area contributed by atoms with Crippen LogP contribution in [0.3, 0.4) is 0 Å². The van der Waals surface area contributed by atoms with Crippen molar-refractivity contribution in [3.05, 3.63) is 0 Å². The fraction of sp³-hybridized carbons (Fsp3) is 0.750. The van der Waals surface area contributed by atoms with Gasteiger partial charge in [0.15, 0.2) is 5.78 Å². The molecule has 0 aromatic rings. The molecule has 5 atom stereocenters. The number of Topliss-reactive ketones (excluding diaryl/α,β-unsaturated/α-hetero) is 1. The molecule has 10 heteroatoms. The summed E-state index contributed by atoms with van der Waals surface area (Å²) in [7, 11) is 1.10. The lowest BCUT2D eigenvalue weighted by Gasteiger charge is -2.33. The summed E-state index contributed by atoms with van der Waals surface area (Å²) in [6, 6.07) is -1.40. The number of aliphatic hydroxyl groups excluding tert-OH is 4. The van der Waals surface area contributed by atoms with Gasteiger partial charge in [0.2, 0.25) is 5.91 Å². The number of carboxylic acids is 1. The van der Waals surface area contributed by atoms with Crippen LogP contribution in [0.25, 0.3) is 0 Å². The highest BCUT2D eigenvalue weighted by molar-refractivity contribution is 6.31. The van der Waals surface area contributed by atoms with Crippen LogP contribution in [-0.4, -0.2) is 82.3 Å². The summed E-state index contributed by atoms with van der Waals surface area (Å²) >= 11 is 0. The molecule has 1 amide bonds. The molecule has 0 rings (SSSR count). The van der Waals surface area contributed by atoms with Gasteiger partial charge >= 0.3 is 0 Å². The number of methoxy groups -OCH3 is 1. The van der Waals surface area contributed by atoms with Crippen LogP contribution in [0.4, 0.5) is 0 Å². The van der Waals surface area contributed by atoms with E-state index in [0.717, 1.165) is 14.0 Å². The van der Waals surface area contributed by atoms with Crippen LogP contribution >= 0.6 is 0 Å². The van der Waals surface area contributed by atoms with Gasteiger partial charge in [-0.25, -0.2) is 0 Å². The second kappa shape index (κ2) is 9.43. The second-order valence-corrected chi connectivity index (χ2v) is 4.65. The van der Waals surface area contributed by atoms with E-state index in [0.29, 0.717) is 0 Å². The van der Waals surface area contributed by atoms with E-state index in [1.54, 1.807) is 0 Å². The van der Waals surface area contributed by atoms with Gasteiger partial charge in [0.05, 0.1) is 18.8 Å². The third-order valence-corrected chi connectivity index (χ3v) is 2.99. The van der Waals surface area contributed by atoms with Crippen LogP contribution in [0, 0.1) is 0 Å². The number of nitrogens with one attached hydrogen (secondary N) is 1. The molecule has 0 saturated heterocycles. The van der Waals surface area contributed by atoms with E-state index in [1.165, 1.54) is 0 Å². The van der Waals surface area contributed by atoms with Crippen molar-refractivity contribution in [3.63, 3.8) is 0 Å². The number of rotatable bonds is 10. The molecule has 0 heterocycles. The first-order chi connectivity index (χ1) is 10.1. The first kappa shape index (κ1) is 20.4. The summed E-state index contributed by atoms with van der Waals surface area (Å²) < 4.78 is 4.88. The van der Waals surface area contributed by atoms with Crippen molar-refractivity contribution < 1.29 is 44.7 Å². The number of carbonyl (C=O) groups is 3. The van der Waals surface area contributed by atoms with Gasteiger partial charge in [-0.15, -0.1) is 0 Å². The highest BCUT2D eigenvalue weighted by Crippen LogP contribution is 2.14. The Bertz CT molecular complexity index is 400. The highest BCUT2D eigenvalue weighted by Gasteiger charge is 2.37. The minimum absolute atomic E-state index is 0.655. The van der Waals surface area contributed by atoms with Gasteiger partial charge in [-0.2, -0.15) is 0 Å². The molecule has 0 aliphatic heterocycles. The lowest BCUT2D eigenvalue weighted by Crippen LogP contribution is -2.58. The quantitative estimate of drug-likeness (QED) is 0.247. The molecule has 0 aliphatic rings. The monoisotopic (exact) mass is 322 g/mol. The molecule has 128 valence electrons. The predicted molar refractivity (Wildman–Crippen MR) is 68.1 cm³/mol. The largest absolute Gasteiger partial charge is 0.542 e. The maximum atomic E-state index is 11.2. The van der Waals surface area contributed by atoms with Crippen LogP contribution in [0.15, 0.2) is 0 Å². The number of carbonyl (C=O) groups excluding carboxylic acids is 3. The Morgan fingerprint density at radius 1 is 1.18 bits per heavy atom. The zero-order valence-electron chi connectivity index (χ0n) is 12.1. The molecule has 5 N–H and O–H groups in total. The molecule has 0 aromatic heterocycles. The zero-order valence-corrected chi connectivity index (χ0v) is 12.1. The van der Waals surface area contributed by atoms with Crippen LogP contribution in [0.5, 0.6) is 0 Å². The Labute approximate surface area is 126 Å². The molecule has 0 aliphatic carbocycles. The van der Waals surface area contributed by atoms with E-state index in [2.05, 4.69) is 5.32 Å². The summed E-state index contributed by atoms with van der Waals surface area (Å²) in [5, 5.41) is 50.4. The van der Waals surface area contributed by atoms with Crippen LogP contribution < -0.4 is 10.4 Å². The zero-order chi connectivity index (χ0) is 17.4. The Kier molecular flexibility index (Phi) is 8.75. The molecular formula is C12H20NO9-. The molecule has 10 nitrogen and oxygen atoms in total. The van der Waals surface area contributed by atoms with E-state index in [-0.39, 0.29) is 0 Å². The number of ether oxygens (including phenoxy) is 1. The Morgan fingerprint density at radius 2 is 1.73 bits per heavy atom. The van der Waals surface area contributed by atoms with Crippen molar-refractivity contribution in [2.24, 2.45) is 0 Å². The maximum Gasteiger partial charge on any atom is 0.217 e. The Hall–Kier alpha value is -1.59. The predicted octanol–water partition coefficient (Wildman–Crippen LogP) is -4.71. The summed E-state index contributed by atoms with van der Waals surface area (Å²) in [4.78, 5) is 32.8. The second-order valence-electron chi connectivity index (χ2n) is 4.65. The Balaban J connectivity index is 5.25. The van der Waals surface area contributed by atoms with Gasteiger partial charge in [0.1, 0.15) is 24.3 Å². The number of aliphatic carboxylic acids is 1. The third-order valence-electron chi connectivity index (χ3n) is 2.99. The van der Waals surface area contributed by atoms with E-state index >= 15 is 0 Å². The minimum Gasteiger partial charge on any atom is -0.542 e. The van der Waals surface area contributed by atoms with E-state index in [1.807, 2.05) is 0 Å². The number of aliphatic hydroxyl groups is 4. The molecular weight excluding hydrogens is 302 g/mol. The molecule has 0 bridgehead atoms. The van der Waals surface area contributed by atoms with Gasteiger partial charge in [-0.05, 0) is 0 Å². The highest BCUT2D eigenvalue weighted by atomic mass is 16.5. The summed E-state index contributed by atoms with van der Waals surface area (Å²) in [6.45, 7) is 0.225. The number of carboxylic acid groups (broad SMARTS) is 1. The first-order valence-electron chi connectivity index (χ1n) is 6.34. The van der Waals surface area contributed by atoms with Crippen molar-refractivity contribution in [1.82, 2.24) is 5.32 Å². The molecule has 0 spiro atoms.